The second-order valence-corrected chi connectivity index (χ2v) is 5.08. The van der Waals surface area contributed by atoms with Crippen molar-refractivity contribution >= 4 is 12.0 Å². The third kappa shape index (κ3) is 3.85. The minimum atomic E-state index is -0.287. The van der Waals surface area contributed by atoms with Crippen LogP contribution in [-0.4, -0.2) is 31.0 Å². The van der Waals surface area contributed by atoms with E-state index < -0.39 is 0 Å². The van der Waals surface area contributed by atoms with Gasteiger partial charge in [-0.15, -0.1) is 0 Å². The maximum absolute atomic E-state index is 12.3. The van der Waals surface area contributed by atoms with E-state index in [0.717, 1.165) is 11.3 Å². The summed E-state index contributed by atoms with van der Waals surface area (Å²) in [6.45, 7) is 4.88. The summed E-state index contributed by atoms with van der Waals surface area (Å²) in [6.07, 6.45) is 1.48. The van der Waals surface area contributed by atoms with E-state index in [4.69, 9.17) is 9.15 Å². The highest BCUT2D eigenvalue weighted by molar-refractivity contribution is 6.01. The van der Waals surface area contributed by atoms with Crippen LogP contribution >= 0.6 is 0 Å². The third-order valence-corrected chi connectivity index (χ3v) is 3.69. The maximum atomic E-state index is 12.3. The van der Waals surface area contributed by atoms with Gasteiger partial charge in [-0.2, -0.15) is 5.26 Å². The van der Waals surface area contributed by atoms with Gasteiger partial charge in [-0.25, -0.2) is 0 Å². The zero-order valence-electron chi connectivity index (χ0n) is 14.1. The third-order valence-electron chi connectivity index (χ3n) is 3.69. The molecule has 2 aromatic rings. The van der Waals surface area contributed by atoms with Crippen LogP contribution in [0.25, 0.3) is 17.4 Å². The molecule has 0 unspecified atom stereocenters. The molecule has 1 aromatic carbocycles. The van der Waals surface area contributed by atoms with E-state index in [1.54, 1.807) is 18.1 Å². The highest BCUT2D eigenvalue weighted by atomic mass is 16.5. The standard InChI is InChI=1S/C19H20N2O3/c1-4-21(5-2)19(22)15(13-20)12-17-10-11-18(24-17)14-6-8-16(23-3)9-7-14/h6-12H,4-5H2,1-3H3. The van der Waals surface area contributed by atoms with E-state index >= 15 is 0 Å². The number of furan rings is 1. The van der Waals surface area contributed by atoms with Crippen LogP contribution in [0.4, 0.5) is 0 Å². The molecule has 0 atom stereocenters. The van der Waals surface area contributed by atoms with Crippen molar-refractivity contribution < 1.29 is 13.9 Å². The Balaban J connectivity index is 2.25. The average Bonchev–Trinajstić information content (AvgIpc) is 3.09. The topological polar surface area (TPSA) is 66.5 Å². The minimum Gasteiger partial charge on any atom is -0.497 e. The fourth-order valence-corrected chi connectivity index (χ4v) is 2.31. The molecule has 0 aliphatic carbocycles. The Morgan fingerprint density at radius 1 is 1.21 bits per heavy atom. The SMILES string of the molecule is CCN(CC)C(=O)C(C#N)=Cc1ccc(-c2ccc(OC)cc2)o1. The number of nitriles is 1. The Bertz CT molecular complexity index is 763. The lowest BCUT2D eigenvalue weighted by Gasteiger charge is -2.17. The molecule has 0 fully saturated rings. The number of hydrogen-bond donors (Lipinski definition) is 0. The summed E-state index contributed by atoms with van der Waals surface area (Å²) in [6, 6.07) is 13.0. The largest absolute Gasteiger partial charge is 0.497 e. The van der Waals surface area contributed by atoms with Crippen molar-refractivity contribution in [2.24, 2.45) is 0 Å². The molecule has 2 rings (SSSR count). The van der Waals surface area contributed by atoms with E-state index in [9.17, 15) is 10.1 Å². The number of carbonyl (C=O) groups is 1. The van der Waals surface area contributed by atoms with E-state index in [2.05, 4.69) is 0 Å². The maximum Gasteiger partial charge on any atom is 0.264 e. The van der Waals surface area contributed by atoms with Gasteiger partial charge in [0.1, 0.15) is 28.9 Å². The second kappa shape index (κ2) is 8.02. The van der Waals surface area contributed by atoms with Crippen LogP contribution in [0.1, 0.15) is 19.6 Å². The molecule has 0 saturated carbocycles. The van der Waals surface area contributed by atoms with Gasteiger partial charge < -0.3 is 14.1 Å². The zero-order chi connectivity index (χ0) is 17.5. The molecule has 0 aliphatic rings. The van der Waals surface area contributed by atoms with Gasteiger partial charge in [0.05, 0.1) is 7.11 Å². The fraction of sp³-hybridized carbons (Fsp3) is 0.263. The number of ether oxygens (including phenoxy) is 1. The van der Waals surface area contributed by atoms with Crippen LogP contribution in [0.2, 0.25) is 0 Å². The Labute approximate surface area is 141 Å². The number of benzene rings is 1. The van der Waals surface area contributed by atoms with Crippen LogP contribution in [0.3, 0.4) is 0 Å². The summed E-state index contributed by atoms with van der Waals surface area (Å²) in [5.74, 6) is 1.61. The van der Waals surface area contributed by atoms with Gasteiger partial charge in [0.25, 0.3) is 5.91 Å². The molecule has 0 radical (unpaired) electrons. The molecule has 5 heteroatoms. The van der Waals surface area contributed by atoms with Gasteiger partial charge in [-0.05, 0) is 50.2 Å². The van der Waals surface area contributed by atoms with Crippen molar-refractivity contribution in [1.29, 1.82) is 5.26 Å². The van der Waals surface area contributed by atoms with Gasteiger partial charge in [0.15, 0.2) is 0 Å². The molecule has 124 valence electrons. The Hall–Kier alpha value is -3.00. The molecule has 0 bridgehead atoms. The first-order valence-corrected chi connectivity index (χ1v) is 7.78. The number of rotatable bonds is 6. The van der Waals surface area contributed by atoms with Crippen LogP contribution in [0.15, 0.2) is 46.4 Å². The predicted octanol–water partition coefficient (Wildman–Crippen LogP) is 3.73. The number of hydrogen-bond acceptors (Lipinski definition) is 4. The Morgan fingerprint density at radius 2 is 1.88 bits per heavy atom. The molecule has 0 spiro atoms. The van der Waals surface area contributed by atoms with E-state index in [0.29, 0.717) is 24.6 Å². The molecule has 0 aliphatic heterocycles. The van der Waals surface area contributed by atoms with Crippen LogP contribution in [0.5, 0.6) is 5.75 Å². The van der Waals surface area contributed by atoms with E-state index in [1.807, 2.05) is 50.2 Å². The van der Waals surface area contributed by atoms with Gasteiger partial charge in [-0.1, -0.05) is 0 Å². The zero-order valence-corrected chi connectivity index (χ0v) is 14.1. The summed E-state index contributed by atoms with van der Waals surface area (Å²) in [4.78, 5) is 13.9. The van der Waals surface area contributed by atoms with Crippen molar-refractivity contribution in [2.45, 2.75) is 13.8 Å². The Kier molecular flexibility index (Phi) is 5.80. The van der Waals surface area contributed by atoms with Crippen molar-refractivity contribution in [3.8, 4) is 23.1 Å². The molecule has 5 nitrogen and oxygen atoms in total. The van der Waals surface area contributed by atoms with Crippen molar-refractivity contribution in [1.82, 2.24) is 4.90 Å². The highest BCUT2D eigenvalue weighted by Gasteiger charge is 2.16. The van der Waals surface area contributed by atoms with Gasteiger partial charge in [0.2, 0.25) is 0 Å². The van der Waals surface area contributed by atoms with Crippen LogP contribution < -0.4 is 4.74 Å². The monoisotopic (exact) mass is 324 g/mol. The van der Waals surface area contributed by atoms with E-state index in [1.165, 1.54) is 6.08 Å². The quantitative estimate of drug-likeness (QED) is 0.600. The summed E-state index contributed by atoms with van der Waals surface area (Å²) in [5.41, 5.74) is 0.957. The van der Waals surface area contributed by atoms with E-state index in [-0.39, 0.29) is 11.5 Å². The first-order chi connectivity index (χ1) is 11.6. The lowest BCUT2D eigenvalue weighted by Crippen LogP contribution is -2.31. The number of amides is 1. The second-order valence-electron chi connectivity index (χ2n) is 5.08. The van der Waals surface area contributed by atoms with Crippen LogP contribution in [-0.2, 0) is 4.79 Å². The number of likely N-dealkylation sites (N-methyl/N-ethyl adjacent to an activating group) is 1. The highest BCUT2D eigenvalue weighted by Crippen LogP contribution is 2.25. The van der Waals surface area contributed by atoms with Crippen LogP contribution in [0, 0.1) is 11.3 Å². The molecule has 0 N–H and O–H groups in total. The molecule has 1 heterocycles. The normalized spacial score (nSPS) is 11.0. The lowest BCUT2D eigenvalue weighted by molar-refractivity contribution is -0.126. The van der Waals surface area contributed by atoms with Gasteiger partial charge in [-0.3, -0.25) is 4.79 Å². The number of carbonyl (C=O) groups excluding carboxylic acids is 1. The minimum absolute atomic E-state index is 0.0642. The van der Waals surface area contributed by atoms with Gasteiger partial charge >= 0.3 is 0 Å². The molecule has 1 aromatic heterocycles. The van der Waals surface area contributed by atoms with Gasteiger partial charge in [0, 0.05) is 24.7 Å². The molecular weight excluding hydrogens is 304 g/mol. The van der Waals surface area contributed by atoms with Crippen molar-refractivity contribution in [3.63, 3.8) is 0 Å². The average molecular weight is 324 g/mol. The number of methoxy groups -OCH3 is 1. The smallest absolute Gasteiger partial charge is 0.264 e. The molecular formula is C19H20N2O3. The fourth-order valence-electron chi connectivity index (χ4n) is 2.31. The summed E-state index contributed by atoms with van der Waals surface area (Å²) in [7, 11) is 1.61. The summed E-state index contributed by atoms with van der Waals surface area (Å²) >= 11 is 0. The molecule has 24 heavy (non-hydrogen) atoms. The lowest BCUT2D eigenvalue weighted by atomic mass is 10.2. The summed E-state index contributed by atoms with van der Waals surface area (Å²) in [5, 5.41) is 9.26. The number of nitrogens with zero attached hydrogens (tertiary/aromatic N) is 2. The van der Waals surface area contributed by atoms with Crippen molar-refractivity contribution in [3.05, 3.63) is 47.7 Å². The Morgan fingerprint density at radius 3 is 2.42 bits per heavy atom. The van der Waals surface area contributed by atoms with Crippen molar-refractivity contribution in [2.75, 3.05) is 20.2 Å². The first-order valence-electron chi connectivity index (χ1n) is 7.78. The molecule has 0 saturated heterocycles. The first kappa shape index (κ1) is 17.4. The molecule has 1 amide bonds. The summed E-state index contributed by atoms with van der Waals surface area (Å²) < 4.78 is 10.9. The predicted molar refractivity (Wildman–Crippen MR) is 92.2 cm³/mol.